The second kappa shape index (κ2) is 3.83. The van der Waals surface area contributed by atoms with Gasteiger partial charge in [0.25, 0.3) is 0 Å². The van der Waals surface area contributed by atoms with Crippen LogP contribution in [0.1, 0.15) is 18.8 Å². The Hall–Kier alpha value is -1.41. The second-order valence-corrected chi connectivity index (χ2v) is 2.56. The molecule has 0 bridgehead atoms. The summed E-state index contributed by atoms with van der Waals surface area (Å²) in [6.07, 6.45) is 1.64. The van der Waals surface area contributed by atoms with Crippen molar-refractivity contribution in [3.05, 3.63) is 12.2 Å². The van der Waals surface area contributed by atoms with Gasteiger partial charge in [-0.05, 0) is 6.92 Å². The van der Waals surface area contributed by atoms with Gasteiger partial charge in [0.1, 0.15) is 12.2 Å². The number of aryl methyl sites for hydroxylation is 1. The first-order chi connectivity index (χ1) is 5.75. The van der Waals surface area contributed by atoms with Crippen molar-refractivity contribution in [2.75, 3.05) is 6.54 Å². The zero-order valence-corrected chi connectivity index (χ0v) is 7.15. The smallest absolute Gasteiger partial charge is 0.149 e. The maximum atomic E-state index is 8.33. The first-order valence-electron chi connectivity index (χ1n) is 3.70. The maximum absolute atomic E-state index is 8.33. The van der Waals surface area contributed by atoms with E-state index in [9.17, 15) is 0 Å². The van der Waals surface area contributed by atoms with Gasteiger partial charge in [-0.15, -0.1) is 10.2 Å². The Morgan fingerprint density at radius 2 is 2.58 bits per heavy atom. The zero-order chi connectivity index (χ0) is 8.97. The summed E-state index contributed by atoms with van der Waals surface area (Å²) in [5.74, 6) is 0.838. The number of hydrogen-bond donors (Lipinski definition) is 1. The quantitative estimate of drug-likeness (QED) is 0.640. The fraction of sp³-hybridized carbons (Fsp3) is 0.571. The highest BCUT2D eigenvalue weighted by molar-refractivity contribution is 4.93. The summed E-state index contributed by atoms with van der Waals surface area (Å²) in [6.45, 7) is 2.27. The average molecular weight is 165 g/mol. The van der Waals surface area contributed by atoms with Crippen LogP contribution in [0.5, 0.6) is 0 Å². The molecular formula is C7H11N5. The summed E-state index contributed by atoms with van der Waals surface area (Å²) in [5, 5.41) is 19.0. The lowest BCUT2D eigenvalue weighted by Crippen LogP contribution is -2.21. The van der Waals surface area contributed by atoms with Gasteiger partial charge in [-0.3, -0.25) is 5.32 Å². The van der Waals surface area contributed by atoms with E-state index in [-0.39, 0.29) is 6.04 Å². The normalized spacial score (nSPS) is 12.4. The highest BCUT2D eigenvalue weighted by Gasteiger charge is 2.08. The van der Waals surface area contributed by atoms with Crippen molar-refractivity contribution in [2.24, 2.45) is 7.05 Å². The summed E-state index contributed by atoms with van der Waals surface area (Å²) in [6, 6.07) is 2.08. The molecule has 1 rings (SSSR count). The molecule has 64 valence electrons. The standard InChI is InChI=1S/C7H11N5/c1-6(9-4-3-8)7-11-10-5-12(7)2/h5-6,9H,4H2,1-2H3. The van der Waals surface area contributed by atoms with Crippen LogP contribution in [0.3, 0.4) is 0 Å². The Balaban J connectivity index is 2.60. The summed E-state index contributed by atoms with van der Waals surface area (Å²) >= 11 is 0. The molecule has 1 atom stereocenters. The van der Waals surface area contributed by atoms with Crippen LogP contribution in [0, 0.1) is 11.3 Å². The van der Waals surface area contributed by atoms with Gasteiger partial charge in [-0.2, -0.15) is 5.26 Å². The van der Waals surface area contributed by atoms with E-state index in [1.807, 2.05) is 24.6 Å². The van der Waals surface area contributed by atoms with Crippen LogP contribution in [0.4, 0.5) is 0 Å². The SMILES string of the molecule is CC(NCC#N)c1nncn1C. The molecule has 0 fully saturated rings. The van der Waals surface area contributed by atoms with Gasteiger partial charge in [0.2, 0.25) is 0 Å². The third-order valence-electron chi connectivity index (χ3n) is 1.62. The van der Waals surface area contributed by atoms with E-state index in [0.29, 0.717) is 6.54 Å². The van der Waals surface area contributed by atoms with Gasteiger partial charge < -0.3 is 4.57 Å². The molecular weight excluding hydrogens is 154 g/mol. The number of nitrogens with one attached hydrogen (secondary N) is 1. The molecule has 0 amide bonds. The van der Waals surface area contributed by atoms with Gasteiger partial charge >= 0.3 is 0 Å². The molecule has 0 aliphatic heterocycles. The average Bonchev–Trinajstić information content (AvgIpc) is 2.47. The van der Waals surface area contributed by atoms with Crippen LogP contribution >= 0.6 is 0 Å². The monoisotopic (exact) mass is 165 g/mol. The molecule has 0 aromatic carbocycles. The molecule has 5 heteroatoms. The number of rotatable bonds is 3. The minimum atomic E-state index is 0.0668. The van der Waals surface area contributed by atoms with Crippen LogP contribution < -0.4 is 5.32 Å². The zero-order valence-electron chi connectivity index (χ0n) is 7.15. The Morgan fingerprint density at radius 1 is 1.83 bits per heavy atom. The van der Waals surface area contributed by atoms with Crippen molar-refractivity contribution in [2.45, 2.75) is 13.0 Å². The number of nitriles is 1. The molecule has 12 heavy (non-hydrogen) atoms. The van der Waals surface area contributed by atoms with E-state index in [1.165, 1.54) is 0 Å². The van der Waals surface area contributed by atoms with Crippen molar-refractivity contribution in [1.29, 1.82) is 5.26 Å². The fourth-order valence-corrected chi connectivity index (χ4v) is 0.974. The molecule has 0 saturated heterocycles. The summed E-state index contributed by atoms with van der Waals surface area (Å²) in [4.78, 5) is 0. The van der Waals surface area contributed by atoms with Gasteiger partial charge in [0.15, 0.2) is 0 Å². The molecule has 1 heterocycles. The molecule has 0 aliphatic rings. The molecule has 1 aromatic rings. The van der Waals surface area contributed by atoms with Crippen LogP contribution in [-0.2, 0) is 7.05 Å². The van der Waals surface area contributed by atoms with E-state index >= 15 is 0 Å². The van der Waals surface area contributed by atoms with E-state index in [4.69, 9.17) is 5.26 Å². The molecule has 0 spiro atoms. The van der Waals surface area contributed by atoms with Crippen molar-refractivity contribution >= 4 is 0 Å². The minimum absolute atomic E-state index is 0.0668. The first kappa shape index (κ1) is 8.68. The number of nitrogens with zero attached hydrogens (tertiary/aromatic N) is 4. The van der Waals surface area contributed by atoms with Crippen molar-refractivity contribution in [3.63, 3.8) is 0 Å². The molecule has 5 nitrogen and oxygen atoms in total. The second-order valence-electron chi connectivity index (χ2n) is 2.56. The van der Waals surface area contributed by atoms with E-state index in [2.05, 4.69) is 15.5 Å². The van der Waals surface area contributed by atoms with Gasteiger partial charge in [-0.1, -0.05) is 0 Å². The van der Waals surface area contributed by atoms with Crippen LogP contribution in [-0.4, -0.2) is 21.3 Å². The molecule has 0 radical (unpaired) electrons. The molecule has 1 N–H and O–H groups in total. The van der Waals surface area contributed by atoms with Gasteiger partial charge in [0, 0.05) is 7.05 Å². The molecule has 0 saturated carbocycles. The first-order valence-corrected chi connectivity index (χ1v) is 3.70. The Labute approximate surface area is 71.0 Å². The van der Waals surface area contributed by atoms with E-state index in [1.54, 1.807) is 6.33 Å². The highest BCUT2D eigenvalue weighted by Crippen LogP contribution is 2.05. The number of aromatic nitrogens is 3. The maximum Gasteiger partial charge on any atom is 0.149 e. The van der Waals surface area contributed by atoms with Crippen molar-refractivity contribution < 1.29 is 0 Å². The Bertz CT molecular complexity index is 284. The summed E-state index contributed by atoms with van der Waals surface area (Å²) < 4.78 is 1.83. The lowest BCUT2D eigenvalue weighted by molar-refractivity contribution is 0.562. The predicted molar refractivity (Wildman–Crippen MR) is 43.0 cm³/mol. The van der Waals surface area contributed by atoms with Crippen LogP contribution in [0.15, 0.2) is 6.33 Å². The molecule has 0 aliphatic carbocycles. The van der Waals surface area contributed by atoms with Gasteiger partial charge in [0.05, 0.1) is 18.7 Å². The lowest BCUT2D eigenvalue weighted by atomic mass is 10.3. The lowest BCUT2D eigenvalue weighted by Gasteiger charge is -2.09. The fourth-order valence-electron chi connectivity index (χ4n) is 0.974. The third kappa shape index (κ3) is 1.80. The number of hydrogen-bond acceptors (Lipinski definition) is 4. The van der Waals surface area contributed by atoms with E-state index in [0.717, 1.165) is 5.82 Å². The topological polar surface area (TPSA) is 66.5 Å². The predicted octanol–water partition coefficient (Wildman–Crippen LogP) is -0.0107. The van der Waals surface area contributed by atoms with E-state index < -0.39 is 0 Å². The van der Waals surface area contributed by atoms with Crippen molar-refractivity contribution in [1.82, 2.24) is 20.1 Å². The minimum Gasteiger partial charge on any atom is -0.319 e. The Morgan fingerprint density at radius 3 is 3.08 bits per heavy atom. The molecule has 1 unspecified atom stereocenters. The van der Waals surface area contributed by atoms with Gasteiger partial charge in [-0.25, -0.2) is 0 Å². The summed E-state index contributed by atoms with van der Waals surface area (Å²) in [7, 11) is 1.87. The summed E-state index contributed by atoms with van der Waals surface area (Å²) in [5.41, 5.74) is 0. The molecule has 1 aromatic heterocycles. The Kier molecular flexibility index (Phi) is 2.77. The van der Waals surface area contributed by atoms with Crippen molar-refractivity contribution in [3.8, 4) is 6.07 Å². The third-order valence-corrected chi connectivity index (χ3v) is 1.62. The van der Waals surface area contributed by atoms with Crippen LogP contribution in [0.2, 0.25) is 0 Å². The van der Waals surface area contributed by atoms with Crippen LogP contribution in [0.25, 0.3) is 0 Å². The largest absolute Gasteiger partial charge is 0.319 e. The highest BCUT2D eigenvalue weighted by atomic mass is 15.3.